The van der Waals surface area contributed by atoms with Gasteiger partial charge in [-0.05, 0) is 31.4 Å². The zero-order valence-electron chi connectivity index (χ0n) is 7.28. The second-order valence-corrected chi connectivity index (χ2v) is 3.61. The van der Waals surface area contributed by atoms with E-state index in [2.05, 4.69) is 11.5 Å². The van der Waals surface area contributed by atoms with E-state index in [1.54, 1.807) is 17.5 Å². The van der Waals surface area contributed by atoms with Crippen molar-refractivity contribution in [2.24, 2.45) is 0 Å². The lowest BCUT2D eigenvalue weighted by Gasteiger charge is -2.03. The summed E-state index contributed by atoms with van der Waals surface area (Å²) in [5, 5.41) is 2.04. The molecule has 1 heterocycles. The van der Waals surface area contributed by atoms with Crippen molar-refractivity contribution in [2.45, 2.75) is 20.0 Å². The van der Waals surface area contributed by atoms with Crippen LogP contribution in [0, 0.1) is 0 Å². The highest BCUT2D eigenvalue weighted by Gasteiger charge is 1.88. The van der Waals surface area contributed by atoms with Crippen LogP contribution in [0.3, 0.4) is 0 Å². The van der Waals surface area contributed by atoms with Crippen LogP contribution in [0.1, 0.15) is 18.7 Å². The molecular weight excluding hydrogens is 170 g/mol. The van der Waals surface area contributed by atoms with Crippen LogP contribution in [0.15, 0.2) is 23.7 Å². The lowest BCUT2D eigenvalue weighted by Crippen LogP contribution is -2.12. The van der Waals surface area contributed by atoms with Gasteiger partial charge in [-0.25, -0.2) is 0 Å². The van der Waals surface area contributed by atoms with Gasteiger partial charge in [-0.15, -0.1) is 11.3 Å². The van der Waals surface area contributed by atoms with Gasteiger partial charge < -0.3 is 0 Å². The normalized spacial score (nSPS) is 11.2. The van der Waals surface area contributed by atoms with Crippen molar-refractivity contribution >= 4 is 17.4 Å². The van der Waals surface area contributed by atoms with Crippen molar-refractivity contribution in [3.05, 3.63) is 28.6 Å². The first-order valence-corrected chi connectivity index (χ1v) is 4.78. The molecular formula is C9H13NOS. The van der Waals surface area contributed by atoms with E-state index in [0.29, 0.717) is 0 Å². The first-order chi connectivity index (χ1) is 5.79. The number of hydroxylamine groups is 1. The van der Waals surface area contributed by atoms with E-state index < -0.39 is 0 Å². The molecule has 1 N–H and O–H groups in total. The van der Waals surface area contributed by atoms with Crippen LogP contribution in [0.4, 0.5) is 0 Å². The molecule has 0 saturated heterocycles. The lowest BCUT2D eigenvalue weighted by atomic mass is 10.4. The summed E-state index contributed by atoms with van der Waals surface area (Å²) in [6, 6.07) is 4.08. The Kier molecular flexibility index (Phi) is 3.84. The Balaban J connectivity index is 2.23. The second kappa shape index (κ2) is 4.95. The number of rotatable bonds is 4. The third-order valence-corrected chi connectivity index (χ3v) is 2.00. The molecule has 0 saturated carbocycles. The van der Waals surface area contributed by atoms with Crippen molar-refractivity contribution in [3.63, 3.8) is 0 Å². The van der Waals surface area contributed by atoms with E-state index in [4.69, 9.17) is 4.84 Å². The van der Waals surface area contributed by atoms with Crippen LogP contribution < -0.4 is 5.48 Å². The largest absolute Gasteiger partial charge is 0.274 e. The molecule has 0 atom stereocenters. The topological polar surface area (TPSA) is 21.3 Å². The van der Waals surface area contributed by atoms with E-state index in [0.717, 1.165) is 0 Å². The molecule has 0 fully saturated rings. The van der Waals surface area contributed by atoms with Gasteiger partial charge >= 0.3 is 0 Å². The SMILES string of the molecule is CC(C)ONC=Cc1cccs1. The molecule has 12 heavy (non-hydrogen) atoms. The van der Waals surface area contributed by atoms with Gasteiger partial charge in [0.25, 0.3) is 0 Å². The first kappa shape index (κ1) is 9.29. The molecule has 0 spiro atoms. The monoisotopic (exact) mass is 183 g/mol. The molecule has 1 aromatic rings. The van der Waals surface area contributed by atoms with Gasteiger partial charge in [-0.2, -0.15) is 0 Å². The second-order valence-electron chi connectivity index (χ2n) is 2.63. The molecule has 1 rings (SSSR count). The molecule has 0 radical (unpaired) electrons. The van der Waals surface area contributed by atoms with Crippen molar-refractivity contribution in [1.29, 1.82) is 0 Å². The van der Waals surface area contributed by atoms with Gasteiger partial charge in [0.15, 0.2) is 0 Å². The fourth-order valence-electron chi connectivity index (χ4n) is 0.678. The maximum absolute atomic E-state index is 5.11. The summed E-state index contributed by atoms with van der Waals surface area (Å²) >= 11 is 1.70. The average Bonchev–Trinajstić information content (AvgIpc) is 2.49. The van der Waals surface area contributed by atoms with Crippen molar-refractivity contribution < 1.29 is 4.84 Å². The standard InChI is InChI=1S/C9H13NOS/c1-8(2)11-10-6-5-9-4-3-7-12-9/h3-8,10H,1-2H3. The van der Waals surface area contributed by atoms with E-state index in [1.165, 1.54) is 4.88 Å². The van der Waals surface area contributed by atoms with Gasteiger partial charge in [0.1, 0.15) is 0 Å². The van der Waals surface area contributed by atoms with Crippen LogP contribution in [0.2, 0.25) is 0 Å². The summed E-state index contributed by atoms with van der Waals surface area (Å²) in [6.07, 6.45) is 3.98. The lowest BCUT2D eigenvalue weighted by molar-refractivity contribution is 0.0216. The summed E-state index contributed by atoms with van der Waals surface area (Å²) in [7, 11) is 0. The maximum Gasteiger partial charge on any atom is 0.0797 e. The zero-order valence-corrected chi connectivity index (χ0v) is 8.10. The summed E-state index contributed by atoms with van der Waals surface area (Å²) in [4.78, 5) is 6.33. The minimum atomic E-state index is 0.206. The van der Waals surface area contributed by atoms with Crippen LogP contribution in [-0.2, 0) is 4.84 Å². The molecule has 0 bridgehead atoms. The summed E-state index contributed by atoms with van der Waals surface area (Å²) in [6.45, 7) is 3.96. The van der Waals surface area contributed by atoms with Gasteiger partial charge in [0.2, 0.25) is 0 Å². The molecule has 0 amide bonds. The number of hydrogen-bond acceptors (Lipinski definition) is 3. The van der Waals surface area contributed by atoms with Crippen molar-refractivity contribution in [1.82, 2.24) is 5.48 Å². The predicted molar refractivity (Wildman–Crippen MR) is 52.7 cm³/mol. The summed E-state index contributed by atoms with van der Waals surface area (Å²) in [5.74, 6) is 0. The Morgan fingerprint density at radius 1 is 1.58 bits per heavy atom. The molecule has 2 nitrogen and oxygen atoms in total. The van der Waals surface area contributed by atoms with Crippen LogP contribution >= 0.6 is 11.3 Å². The van der Waals surface area contributed by atoms with Gasteiger partial charge in [-0.1, -0.05) is 6.07 Å². The highest BCUT2D eigenvalue weighted by atomic mass is 32.1. The zero-order chi connectivity index (χ0) is 8.81. The van der Waals surface area contributed by atoms with Crippen molar-refractivity contribution in [2.75, 3.05) is 0 Å². The highest BCUT2D eigenvalue weighted by molar-refractivity contribution is 7.10. The van der Waals surface area contributed by atoms with Gasteiger partial charge in [0.05, 0.1) is 6.10 Å². The summed E-state index contributed by atoms with van der Waals surface area (Å²) in [5.41, 5.74) is 2.75. The fourth-order valence-corrected chi connectivity index (χ4v) is 1.30. The van der Waals surface area contributed by atoms with E-state index >= 15 is 0 Å². The molecule has 0 aliphatic rings. The number of hydrogen-bond donors (Lipinski definition) is 1. The van der Waals surface area contributed by atoms with E-state index in [1.807, 2.05) is 31.4 Å². The molecule has 3 heteroatoms. The van der Waals surface area contributed by atoms with Crippen LogP contribution in [0.5, 0.6) is 0 Å². The fraction of sp³-hybridized carbons (Fsp3) is 0.333. The van der Waals surface area contributed by atoms with Gasteiger partial charge in [-0.3, -0.25) is 10.3 Å². The Morgan fingerprint density at radius 3 is 3.00 bits per heavy atom. The highest BCUT2D eigenvalue weighted by Crippen LogP contribution is 2.09. The average molecular weight is 183 g/mol. The molecule has 0 aliphatic carbocycles. The summed E-state index contributed by atoms with van der Waals surface area (Å²) < 4.78 is 0. The Bertz CT molecular complexity index is 229. The Hall–Kier alpha value is -0.800. The van der Waals surface area contributed by atoms with Crippen LogP contribution in [0.25, 0.3) is 6.08 Å². The Labute approximate surface area is 76.8 Å². The third-order valence-electron chi connectivity index (χ3n) is 1.16. The predicted octanol–water partition coefficient (Wildman–Crippen LogP) is 2.65. The van der Waals surface area contributed by atoms with Gasteiger partial charge in [0, 0.05) is 11.1 Å². The minimum absolute atomic E-state index is 0.206. The molecule has 66 valence electrons. The molecule has 1 aromatic heterocycles. The molecule has 0 unspecified atom stereocenters. The quantitative estimate of drug-likeness (QED) is 0.724. The number of nitrogens with one attached hydrogen (secondary N) is 1. The number of thiophene rings is 1. The van der Waals surface area contributed by atoms with E-state index in [9.17, 15) is 0 Å². The smallest absolute Gasteiger partial charge is 0.0797 e. The minimum Gasteiger partial charge on any atom is -0.274 e. The van der Waals surface area contributed by atoms with Crippen molar-refractivity contribution in [3.8, 4) is 0 Å². The van der Waals surface area contributed by atoms with Crippen LogP contribution in [-0.4, -0.2) is 6.10 Å². The molecule has 0 aliphatic heterocycles. The first-order valence-electron chi connectivity index (χ1n) is 3.90. The Morgan fingerprint density at radius 2 is 2.42 bits per heavy atom. The molecule has 0 aromatic carbocycles. The maximum atomic E-state index is 5.11. The third kappa shape index (κ3) is 3.55. The van der Waals surface area contributed by atoms with E-state index in [-0.39, 0.29) is 6.10 Å².